The molecule has 0 aromatic heterocycles. The standard InChI is InChI=1S/C15H23N3O2S/c1-11-9-18(10-15(11)17(2)3)21(19,20)13-5-4-12-6-7-16-14(12)8-13/h4-5,8,11,15-16H,6-7,9-10H2,1-3H3. The van der Waals surface area contributed by atoms with Gasteiger partial charge in [0.1, 0.15) is 0 Å². The largest absolute Gasteiger partial charge is 0.384 e. The fourth-order valence-electron chi connectivity index (χ4n) is 3.35. The van der Waals surface area contributed by atoms with Gasteiger partial charge in [-0.2, -0.15) is 4.31 Å². The second-order valence-electron chi connectivity index (χ2n) is 6.33. The van der Waals surface area contributed by atoms with E-state index in [4.69, 9.17) is 0 Å². The smallest absolute Gasteiger partial charge is 0.243 e. The number of anilines is 1. The van der Waals surface area contributed by atoms with Crippen LogP contribution < -0.4 is 5.32 Å². The number of benzene rings is 1. The van der Waals surface area contributed by atoms with Crippen molar-refractivity contribution >= 4 is 15.7 Å². The van der Waals surface area contributed by atoms with Crippen LogP contribution in [0.4, 0.5) is 5.69 Å². The minimum absolute atomic E-state index is 0.285. The summed E-state index contributed by atoms with van der Waals surface area (Å²) in [7, 11) is 0.628. The molecule has 0 amide bonds. The van der Waals surface area contributed by atoms with Gasteiger partial charge >= 0.3 is 0 Å². The summed E-state index contributed by atoms with van der Waals surface area (Å²) in [6.07, 6.45) is 0.971. The van der Waals surface area contributed by atoms with Crippen LogP contribution in [-0.2, 0) is 16.4 Å². The number of hydrogen-bond acceptors (Lipinski definition) is 4. The molecule has 0 saturated carbocycles. The Bertz CT molecular complexity index is 642. The molecule has 0 radical (unpaired) electrons. The van der Waals surface area contributed by atoms with Gasteiger partial charge in [0.25, 0.3) is 0 Å². The molecule has 2 atom stereocenters. The Balaban J connectivity index is 1.88. The van der Waals surface area contributed by atoms with Gasteiger partial charge in [-0.1, -0.05) is 13.0 Å². The van der Waals surface area contributed by atoms with Gasteiger partial charge in [-0.3, -0.25) is 0 Å². The Morgan fingerprint density at radius 2 is 2.05 bits per heavy atom. The minimum Gasteiger partial charge on any atom is -0.384 e. The molecule has 3 rings (SSSR count). The molecule has 1 aromatic rings. The molecule has 0 aliphatic carbocycles. The summed E-state index contributed by atoms with van der Waals surface area (Å²) in [5.41, 5.74) is 2.17. The van der Waals surface area contributed by atoms with E-state index in [-0.39, 0.29) is 6.04 Å². The monoisotopic (exact) mass is 309 g/mol. The van der Waals surface area contributed by atoms with E-state index in [1.165, 1.54) is 5.56 Å². The van der Waals surface area contributed by atoms with Crippen LogP contribution in [0, 0.1) is 5.92 Å². The number of likely N-dealkylation sites (N-methyl/N-ethyl adjacent to an activating group) is 1. The number of sulfonamides is 1. The molecule has 5 nitrogen and oxygen atoms in total. The Morgan fingerprint density at radius 1 is 1.29 bits per heavy atom. The zero-order valence-corrected chi connectivity index (χ0v) is 13.7. The summed E-state index contributed by atoms with van der Waals surface area (Å²) >= 11 is 0. The molecule has 2 aliphatic heterocycles. The zero-order valence-electron chi connectivity index (χ0n) is 12.8. The van der Waals surface area contributed by atoms with Gasteiger partial charge in [-0.15, -0.1) is 0 Å². The predicted molar refractivity (Wildman–Crippen MR) is 84.0 cm³/mol. The van der Waals surface area contributed by atoms with Gasteiger partial charge in [0.2, 0.25) is 10.0 Å². The number of fused-ring (bicyclic) bond motifs is 1. The van der Waals surface area contributed by atoms with E-state index in [9.17, 15) is 8.42 Å². The lowest BCUT2D eigenvalue weighted by Gasteiger charge is -2.22. The van der Waals surface area contributed by atoms with Crippen molar-refractivity contribution in [2.24, 2.45) is 5.92 Å². The average Bonchev–Trinajstić information content (AvgIpc) is 3.03. The van der Waals surface area contributed by atoms with Crippen LogP contribution in [0.25, 0.3) is 0 Å². The highest BCUT2D eigenvalue weighted by Crippen LogP contribution is 2.30. The van der Waals surface area contributed by atoms with Gasteiger partial charge in [0, 0.05) is 31.4 Å². The van der Waals surface area contributed by atoms with Gasteiger partial charge < -0.3 is 10.2 Å². The molecule has 116 valence electrons. The van der Waals surface area contributed by atoms with Gasteiger partial charge in [0.05, 0.1) is 4.90 Å². The number of rotatable bonds is 3. The second kappa shape index (κ2) is 5.26. The number of nitrogens with zero attached hydrogens (tertiary/aromatic N) is 2. The molecule has 1 N–H and O–H groups in total. The third-order valence-corrected chi connectivity index (χ3v) is 6.46. The van der Waals surface area contributed by atoms with Crippen LogP contribution in [-0.4, -0.2) is 57.4 Å². The van der Waals surface area contributed by atoms with Crippen molar-refractivity contribution in [2.45, 2.75) is 24.3 Å². The first kappa shape index (κ1) is 14.8. The summed E-state index contributed by atoms with van der Waals surface area (Å²) in [5.74, 6) is 0.349. The fourth-order valence-corrected chi connectivity index (χ4v) is 4.94. The highest BCUT2D eigenvalue weighted by Gasteiger charge is 2.38. The SMILES string of the molecule is CC1CN(S(=O)(=O)c2ccc3c(c2)NCC3)CC1N(C)C. The van der Waals surface area contributed by atoms with Crippen LogP contribution >= 0.6 is 0 Å². The Hall–Kier alpha value is -1.11. The van der Waals surface area contributed by atoms with Crippen molar-refractivity contribution < 1.29 is 8.42 Å². The summed E-state index contributed by atoms with van der Waals surface area (Å²) < 4.78 is 27.3. The summed E-state index contributed by atoms with van der Waals surface area (Å²) in [4.78, 5) is 2.52. The summed E-state index contributed by atoms with van der Waals surface area (Å²) in [5, 5.41) is 3.25. The van der Waals surface area contributed by atoms with E-state index < -0.39 is 10.0 Å². The maximum absolute atomic E-state index is 12.8. The van der Waals surface area contributed by atoms with E-state index in [2.05, 4.69) is 17.1 Å². The lowest BCUT2D eigenvalue weighted by atomic mass is 10.1. The predicted octanol–water partition coefficient (Wildman–Crippen LogP) is 1.23. The van der Waals surface area contributed by atoms with E-state index in [1.807, 2.05) is 20.2 Å². The highest BCUT2D eigenvalue weighted by atomic mass is 32.2. The highest BCUT2D eigenvalue weighted by molar-refractivity contribution is 7.89. The third-order valence-electron chi connectivity index (χ3n) is 4.63. The third kappa shape index (κ3) is 2.56. The molecule has 1 fully saturated rings. The second-order valence-corrected chi connectivity index (χ2v) is 8.26. The van der Waals surface area contributed by atoms with E-state index in [1.54, 1.807) is 16.4 Å². The normalized spacial score (nSPS) is 26.1. The zero-order chi connectivity index (χ0) is 15.2. The van der Waals surface area contributed by atoms with E-state index >= 15 is 0 Å². The molecule has 0 bridgehead atoms. The van der Waals surface area contributed by atoms with Gasteiger partial charge in [0.15, 0.2) is 0 Å². The average molecular weight is 309 g/mol. The first-order valence-corrected chi connectivity index (χ1v) is 8.87. The van der Waals surface area contributed by atoms with Crippen molar-refractivity contribution in [1.82, 2.24) is 9.21 Å². The molecule has 6 heteroatoms. The molecule has 2 heterocycles. The Kier molecular flexibility index (Phi) is 3.71. The van der Waals surface area contributed by atoms with E-state index in [0.29, 0.717) is 23.9 Å². The molecule has 1 saturated heterocycles. The number of nitrogens with one attached hydrogen (secondary N) is 1. The number of hydrogen-bond donors (Lipinski definition) is 1. The van der Waals surface area contributed by atoms with Crippen LogP contribution in [0.1, 0.15) is 12.5 Å². The lowest BCUT2D eigenvalue weighted by Crippen LogP contribution is -2.35. The van der Waals surface area contributed by atoms with Gasteiger partial charge in [-0.25, -0.2) is 8.42 Å². The van der Waals surface area contributed by atoms with Crippen molar-refractivity contribution in [3.05, 3.63) is 23.8 Å². The quantitative estimate of drug-likeness (QED) is 0.912. The van der Waals surface area contributed by atoms with Gasteiger partial charge in [-0.05, 0) is 44.1 Å². The molecule has 2 aliphatic rings. The van der Waals surface area contributed by atoms with Crippen molar-refractivity contribution in [3.63, 3.8) is 0 Å². The molecule has 1 aromatic carbocycles. The molecular weight excluding hydrogens is 286 g/mol. The van der Waals surface area contributed by atoms with Crippen LogP contribution in [0.2, 0.25) is 0 Å². The Morgan fingerprint density at radius 3 is 2.71 bits per heavy atom. The first-order valence-electron chi connectivity index (χ1n) is 7.43. The van der Waals surface area contributed by atoms with Crippen molar-refractivity contribution in [2.75, 3.05) is 39.0 Å². The van der Waals surface area contributed by atoms with Crippen LogP contribution in [0.15, 0.2) is 23.1 Å². The summed E-state index contributed by atoms with van der Waals surface area (Å²) in [6.45, 7) is 4.17. The van der Waals surface area contributed by atoms with Crippen LogP contribution in [0.3, 0.4) is 0 Å². The first-order chi connectivity index (χ1) is 9.89. The Labute approximate surface area is 127 Å². The van der Waals surface area contributed by atoms with Crippen molar-refractivity contribution in [1.29, 1.82) is 0 Å². The summed E-state index contributed by atoms with van der Waals surface area (Å²) in [6, 6.07) is 5.75. The maximum Gasteiger partial charge on any atom is 0.243 e. The molecule has 21 heavy (non-hydrogen) atoms. The lowest BCUT2D eigenvalue weighted by molar-refractivity contribution is 0.263. The fraction of sp³-hybridized carbons (Fsp3) is 0.600. The topological polar surface area (TPSA) is 52.7 Å². The minimum atomic E-state index is -3.39. The van der Waals surface area contributed by atoms with Crippen molar-refractivity contribution in [3.8, 4) is 0 Å². The van der Waals surface area contributed by atoms with Crippen LogP contribution in [0.5, 0.6) is 0 Å². The maximum atomic E-state index is 12.8. The van der Waals surface area contributed by atoms with E-state index in [0.717, 1.165) is 18.7 Å². The molecule has 2 unspecified atom stereocenters. The molecular formula is C15H23N3O2S. The molecule has 0 spiro atoms.